The van der Waals surface area contributed by atoms with E-state index in [0.717, 1.165) is 25.7 Å². The average molecular weight is 282 g/mol. The van der Waals surface area contributed by atoms with Gasteiger partial charge >= 0.3 is 0 Å². The second-order valence-electron chi connectivity index (χ2n) is 5.56. The molecular formula is C14H22N2O4. The Hall–Kier alpha value is -1.56. The molecule has 0 saturated heterocycles. The third-order valence-corrected chi connectivity index (χ3v) is 3.87. The number of amides is 1. The van der Waals surface area contributed by atoms with E-state index in [9.17, 15) is 9.90 Å². The fourth-order valence-electron chi connectivity index (χ4n) is 2.58. The Labute approximate surface area is 118 Å². The molecule has 0 bridgehead atoms. The van der Waals surface area contributed by atoms with Gasteiger partial charge < -0.3 is 19.7 Å². The van der Waals surface area contributed by atoms with Crippen molar-refractivity contribution >= 4 is 5.91 Å². The largest absolute Gasteiger partial charge is 0.465 e. The zero-order valence-corrected chi connectivity index (χ0v) is 11.9. The van der Waals surface area contributed by atoms with E-state index in [1.807, 2.05) is 0 Å². The molecule has 0 radical (unpaired) electrons. The maximum Gasteiger partial charge on any atom is 0.258 e. The molecule has 1 aliphatic rings. The first-order valence-corrected chi connectivity index (χ1v) is 7.07. The van der Waals surface area contributed by atoms with Gasteiger partial charge in [0.2, 0.25) is 0 Å². The molecule has 0 atom stereocenters. The smallest absolute Gasteiger partial charge is 0.258 e. The van der Waals surface area contributed by atoms with Gasteiger partial charge in [0, 0.05) is 18.0 Å². The standard InChI is InChI=1S/C14H22N2O4/c1-11-7-13(16-20-11)19-8-12(18)15-9-14(10-17)5-3-2-4-6-14/h7,17H,2-6,8-10H2,1H3,(H,15,18). The molecule has 112 valence electrons. The lowest BCUT2D eigenvalue weighted by Crippen LogP contribution is -2.42. The van der Waals surface area contributed by atoms with E-state index in [2.05, 4.69) is 10.5 Å². The van der Waals surface area contributed by atoms with E-state index in [-0.39, 0.29) is 24.5 Å². The number of carbonyl (C=O) groups excluding carboxylic acids is 1. The second-order valence-corrected chi connectivity index (χ2v) is 5.56. The second kappa shape index (κ2) is 6.74. The minimum Gasteiger partial charge on any atom is -0.465 e. The summed E-state index contributed by atoms with van der Waals surface area (Å²) in [5, 5.41) is 16.0. The van der Waals surface area contributed by atoms with Gasteiger partial charge in [-0.25, -0.2) is 0 Å². The quantitative estimate of drug-likeness (QED) is 0.824. The predicted molar refractivity (Wildman–Crippen MR) is 72.3 cm³/mol. The zero-order valence-electron chi connectivity index (χ0n) is 11.9. The highest BCUT2D eigenvalue weighted by molar-refractivity contribution is 5.77. The molecule has 6 heteroatoms. The van der Waals surface area contributed by atoms with E-state index < -0.39 is 0 Å². The van der Waals surface area contributed by atoms with Gasteiger partial charge in [0.15, 0.2) is 6.61 Å². The average Bonchev–Trinajstić information content (AvgIpc) is 2.89. The fraction of sp³-hybridized carbons (Fsp3) is 0.714. The molecule has 1 aromatic rings. The maximum absolute atomic E-state index is 11.7. The first-order chi connectivity index (χ1) is 9.63. The molecule has 1 heterocycles. The van der Waals surface area contributed by atoms with E-state index in [0.29, 0.717) is 18.2 Å². The number of aryl methyl sites for hydroxylation is 1. The molecule has 1 fully saturated rings. The van der Waals surface area contributed by atoms with Crippen molar-refractivity contribution in [3.05, 3.63) is 11.8 Å². The van der Waals surface area contributed by atoms with Crippen LogP contribution >= 0.6 is 0 Å². The molecule has 0 spiro atoms. The zero-order chi connectivity index (χ0) is 14.4. The van der Waals surface area contributed by atoms with Crippen molar-refractivity contribution in [3.63, 3.8) is 0 Å². The monoisotopic (exact) mass is 282 g/mol. The van der Waals surface area contributed by atoms with Crippen molar-refractivity contribution in [1.29, 1.82) is 0 Å². The van der Waals surface area contributed by atoms with Crippen LogP contribution in [0.1, 0.15) is 37.9 Å². The number of aromatic nitrogens is 1. The lowest BCUT2D eigenvalue weighted by Gasteiger charge is -2.35. The molecule has 20 heavy (non-hydrogen) atoms. The Bertz CT molecular complexity index is 438. The highest BCUT2D eigenvalue weighted by Crippen LogP contribution is 2.35. The van der Waals surface area contributed by atoms with Crippen molar-refractivity contribution in [2.24, 2.45) is 5.41 Å². The summed E-state index contributed by atoms with van der Waals surface area (Å²) in [6, 6.07) is 1.63. The molecule has 1 aliphatic carbocycles. The number of nitrogens with zero attached hydrogens (tertiary/aromatic N) is 1. The van der Waals surface area contributed by atoms with E-state index in [1.54, 1.807) is 13.0 Å². The number of rotatable bonds is 6. The van der Waals surface area contributed by atoms with Gasteiger partial charge in [0.25, 0.3) is 11.8 Å². The number of hydrogen-bond donors (Lipinski definition) is 2. The van der Waals surface area contributed by atoms with Crippen molar-refractivity contribution in [3.8, 4) is 5.88 Å². The molecule has 0 aliphatic heterocycles. The van der Waals surface area contributed by atoms with Gasteiger partial charge in [-0.15, -0.1) is 0 Å². The Morgan fingerprint density at radius 3 is 2.85 bits per heavy atom. The molecule has 1 aromatic heterocycles. The summed E-state index contributed by atoms with van der Waals surface area (Å²) in [4.78, 5) is 11.7. The number of carbonyl (C=O) groups is 1. The van der Waals surface area contributed by atoms with Crippen LogP contribution in [0.3, 0.4) is 0 Å². The number of ether oxygens (including phenoxy) is 1. The Morgan fingerprint density at radius 2 is 2.25 bits per heavy atom. The predicted octanol–water partition coefficient (Wildman–Crippen LogP) is 1.42. The van der Waals surface area contributed by atoms with E-state index in [1.165, 1.54) is 6.42 Å². The SMILES string of the molecule is Cc1cc(OCC(=O)NCC2(CO)CCCCC2)no1. The minimum absolute atomic E-state index is 0.0898. The van der Waals surface area contributed by atoms with Crippen LogP contribution < -0.4 is 10.1 Å². The Morgan fingerprint density at radius 1 is 1.50 bits per heavy atom. The Balaban J connectivity index is 1.73. The van der Waals surface area contributed by atoms with Crippen molar-refractivity contribution < 1.29 is 19.2 Å². The molecule has 2 rings (SSSR count). The third-order valence-electron chi connectivity index (χ3n) is 3.87. The topological polar surface area (TPSA) is 84.6 Å². The van der Waals surface area contributed by atoms with Crippen LogP contribution in [-0.2, 0) is 4.79 Å². The lowest BCUT2D eigenvalue weighted by molar-refractivity contribution is -0.124. The summed E-state index contributed by atoms with van der Waals surface area (Å²) in [7, 11) is 0. The number of hydrogen-bond acceptors (Lipinski definition) is 5. The third kappa shape index (κ3) is 3.96. The van der Waals surface area contributed by atoms with E-state index in [4.69, 9.17) is 9.26 Å². The first kappa shape index (κ1) is 14.8. The molecule has 1 saturated carbocycles. The molecule has 0 unspecified atom stereocenters. The Kier molecular flexibility index (Phi) is 5.00. The fourth-order valence-corrected chi connectivity index (χ4v) is 2.58. The van der Waals surface area contributed by atoms with E-state index >= 15 is 0 Å². The normalized spacial score (nSPS) is 17.7. The van der Waals surface area contributed by atoms with Crippen LogP contribution in [0.25, 0.3) is 0 Å². The van der Waals surface area contributed by atoms with Crippen LogP contribution in [0.5, 0.6) is 5.88 Å². The van der Waals surface area contributed by atoms with Crippen LogP contribution in [0.4, 0.5) is 0 Å². The summed E-state index contributed by atoms with van der Waals surface area (Å²) in [5.74, 6) is 0.748. The van der Waals surface area contributed by atoms with Crippen LogP contribution in [0.15, 0.2) is 10.6 Å². The maximum atomic E-state index is 11.7. The van der Waals surface area contributed by atoms with Crippen molar-refractivity contribution in [1.82, 2.24) is 10.5 Å². The summed E-state index contributed by atoms with van der Waals surface area (Å²) in [5.41, 5.74) is -0.154. The number of nitrogens with one attached hydrogen (secondary N) is 1. The summed E-state index contributed by atoms with van der Waals surface area (Å²) in [6.45, 7) is 2.29. The molecule has 2 N–H and O–H groups in total. The minimum atomic E-state index is -0.205. The van der Waals surface area contributed by atoms with Crippen molar-refractivity contribution in [2.45, 2.75) is 39.0 Å². The van der Waals surface area contributed by atoms with Crippen LogP contribution in [-0.4, -0.2) is 35.9 Å². The van der Waals surface area contributed by atoms with Crippen LogP contribution in [0, 0.1) is 12.3 Å². The molecular weight excluding hydrogens is 260 g/mol. The number of aliphatic hydroxyl groups is 1. The van der Waals surface area contributed by atoms with Crippen LogP contribution in [0.2, 0.25) is 0 Å². The molecule has 1 amide bonds. The van der Waals surface area contributed by atoms with Gasteiger partial charge in [0.1, 0.15) is 5.76 Å². The van der Waals surface area contributed by atoms with Crippen molar-refractivity contribution in [2.75, 3.05) is 19.8 Å². The summed E-state index contributed by atoms with van der Waals surface area (Å²) in [6.07, 6.45) is 5.38. The number of aliphatic hydroxyl groups excluding tert-OH is 1. The lowest BCUT2D eigenvalue weighted by atomic mass is 9.74. The van der Waals surface area contributed by atoms with Gasteiger partial charge in [-0.05, 0) is 24.9 Å². The van der Waals surface area contributed by atoms with Gasteiger partial charge in [-0.2, -0.15) is 0 Å². The highest BCUT2D eigenvalue weighted by Gasteiger charge is 2.31. The van der Waals surface area contributed by atoms with Gasteiger partial charge in [-0.3, -0.25) is 4.79 Å². The summed E-state index contributed by atoms with van der Waals surface area (Å²) < 4.78 is 10.1. The summed E-state index contributed by atoms with van der Waals surface area (Å²) >= 11 is 0. The van der Waals surface area contributed by atoms with Gasteiger partial charge in [0.05, 0.1) is 6.61 Å². The molecule has 6 nitrogen and oxygen atoms in total. The highest BCUT2D eigenvalue weighted by atomic mass is 16.5. The molecule has 0 aromatic carbocycles. The first-order valence-electron chi connectivity index (χ1n) is 7.07. The van der Waals surface area contributed by atoms with Gasteiger partial charge in [-0.1, -0.05) is 19.3 Å².